The quantitative estimate of drug-likeness (QED) is 0.783. The fraction of sp³-hybridized carbons (Fsp3) is 0.462. The largest absolute Gasteiger partial charge is 0.369 e. The Bertz CT molecular complexity index is 425. The number of Topliss-reactive ketones (excluding diaryl/α,β-unsaturated/α-hetero) is 1. The average molecular weight is 297 g/mol. The lowest BCUT2D eigenvalue weighted by atomic mass is 10.1. The van der Waals surface area contributed by atoms with Crippen LogP contribution in [0.3, 0.4) is 0 Å². The van der Waals surface area contributed by atoms with Gasteiger partial charge < -0.3 is 9.80 Å². The van der Waals surface area contributed by atoms with E-state index in [0.29, 0.717) is 0 Å². The third-order valence-electron chi connectivity index (χ3n) is 3.20. The topological polar surface area (TPSA) is 23.6 Å². The number of nitrogens with zero attached hydrogens (tertiary/aromatic N) is 2. The Morgan fingerprint density at radius 1 is 1.24 bits per heavy atom. The molecule has 0 saturated carbocycles. The summed E-state index contributed by atoms with van der Waals surface area (Å²) in [6.07, 6.45) is 0. The molecule has 1 fully saturated rings. The lowest BCUT2D eigenvalue weighted by Crippen LogP contribution is -2.44. The number of halogens is 1. The summed E-state index contributed by atoms with van der Waals surface area (Å²) in [4.78, 5) is 16.0. The molecule has 0 unspecified atom stereocenters. The Morgan fingerprint density at radius 3 is 2.41 bits per heavy atom. The lowest BCUT2D eigenvalue weighted by Gasteiger charge is -2.34. The number of hydrogen-bond acceptors (Lipinski definition) is 3. The normalized spacial score (nSPS) is 17.2. The van der Waals surface area contributed by atoms with Crippen LogP contribution in [0.1, 0.15) is 17.3 Å². The molecule has 1 aromatic carbocycles. The highest BCUT2D eigenvalue weighted by Gasteiger charge is 2.15. The summed E-state index contributed by atoms with van der Waals surface area (Å²) >= 11 is 3.47. The fourth-order valence-corrected chi connectivity index (χ4v) is 2.70. The zero-order chi connectivity index (χ0) is 12.4. The van der Waals surface area contributed by atoms with Gasteiger partial charge in [0.25, 0.3) is 0 Å². The van der Waals surface area contributed by atoms with Crippen molar-refractivity contribution < 1.29 is 4.79 Å². The fourth-order valence-electron chi connectivity index (χ4n) is 2.05. The van der Waals surface area contributed by atoms with Crippen molar-refractivity contribution in [3.8, 4) is 0 Å². The first-order valence-corrected chi connectivity index (χ1v) is 6.61. The van der Waals surface area contributed by atoms with Crippen molar-refractivity contribution in [1.82, 2.24) is 4.90 Å². The molecule has 0 atom stereocenters. The van der Waals surface area contributed by atoms with E-state index in [4.69, 9.17) is 0 Å². The molecule has 0 radical (unpaired) electrons. The van der Waals surface area contributed by atoms with E-state index in [1.807, 2.05) is 18.2 Å². The molecule has 0 N–H and O–H groups in total. The maximum Gasteiger partial charge on any atom is 0.160 e. The van der Waals surface area contributed by atoms with Gasteiger partial charge in [-0.3, -0.25) is 4.79 Å². The minimum Gasteiger partial charge on any atom is -0.369 e. The molecule has 0 aromatic heterocycles. The highest BCUT2D eigenvalue weighted by atomic mass is 79.9. The summed E-state index contributed by atoms with van der Waals surface area (Å²) in [5.74, 6) is 0.0989. The molecule has 0 spiro atoms. The summed E-state index contributed by atoms with van der Waals surface area (Å²) in [5, 5.41) is 0. The maximum atomic E-state index is 11.3. The van der Waals surface area contributed by atoms with E-state index in [2.05, 4.69) is 32.8 Å². The number of carbonyl (C=O) groups excluding carboxylic acids is 1. The van der Waals surface area contributed by atoms with Crippen molar-refractivity contribution >= 4 is 27.4 Å². The minimum atomic E-state index is 0.0989. The summed E-state index contributed by atoms with van der Waals surface area (Å²) in [7, 11) is 2.14. The molecule has 0 bridgehead atoms. The van der Waals surface area contributed by atoms with Gasteiger partial charge in [0.2, 0.25) is 0 Å². The van der Waals surface area contributed by atoms with Crippen LogP contribution in [0, 0.1) is 0 Å². The van der Waals surface area contributed by atoms with Crippen LogP contribution in [0.2, 0.25) is 0 Å². The van der Waals surface area contributed by atoms with Crippen molar-refractivity contribution in [2.24, 2.45) is 0 Å². The standard InChI is InChI=1S/C13H17BrN2O/c1-10(17)12-4-3-11(9-13(12)14)16-7-5-15(2)6-8-16/h3-4,9H,5-8H2,1-2H3. The summed E-state index contributed by atoms with van der Waals surface area (Å²) < 4.78 is 0.890. The van der Waals surface area contributed by atoms with Gasteiger partial charge in [-0.15, -0.1) is 0 Å². The molecule has 1 aliphatic heterocycles. The van der Waals surface area contributed by atoms with Crippen molar-refractivity contribution in [3.63, 3.8) is 0 Å². The van der Waals surface area contributed by atoms with Gasteiger partial charge in [0.1, 0.15) is 0 Å². The third-order valence-corrected chi connectivity index (χ3v) is 3.86. The highest BCUT2D eigenvalue weighted by Crippen LogP contribution is 2.25. The van der Waals surface area contributed by atoms with Gasteiger partial charge in [-0.25, -0.2) is 0 Å². The van der Waals surface area contributed by atoms with Gasteiger partial charge in [0, 0.05) is 41.9 Å². The van der Waals surface area contributed by atoms with E-state index in [1.54, 1.807) is 6.92 Å². The van der Waals surface area contributed by atoms with Crippen molar-refractivity contribution in [2.45, 2.75) is 6.92 Å². The predicted molar refractivity (Wildman–Crippen MR) is 73.9 cm³/mol. The van der Waals surface area contributed by atoms with Crippen molar-refractivity contribution in [2.75, 3.05) is 38.1 Å². The van der Waals surface area contributed by atoms with Gasteiger partial charge in [-0.1, -0.05) is 0 Å². The van der Waals surface area contributed by atoms with Crippen LogP contribution in [0.25, 0.3) is 0 Å². The number of likely N-dealkylation sites (N-methyl/N-ethyl adjacent to an activating group) is 1. The molecule has 3 nitrogen and oxygen atoms in total. The Labute approximate surface area is 111 Å². The Morgan fingerprint density at radius 2 is 1.88 bits per heavy atom. The zero-order valence-corrected chi connectivity index (χ0v) is 11.8. The second kappa shape index (κ2) is 5.19. The SMILES string of the molecule is CC(=O)c1ccc(N2CCN(C)CC2)cc1Br. The van der Waals surface area contributed by atoms with Crippen LogP contribution in [0.4, 0.5) is 5.69 Å². The van der Waals surface area contributed by atoms with Gasteiger partial charge in [-0.2, -0.15) is 0 Å². The molecular formula is C13H17BrN2O. The highest BCUT2D eigenvalue weighted by molar-refractivity contribution is 9.10. The molecule has 0 amide bonds. The first kappa shape index (κ1) is 12.6. The van der Waals surface area contributed by atoms with Crippen molar-refractivity contribution in [1.29, 1.82) is 0 Å². The smallest absolute Gasteiger partial charge is 0.160 e. The molecule has 4 heteroatoms. The summed E-state index contributed by atoms with van der Waals surface area (Å²) in [6, 6.07) is 5.98. The second-order valence-corrected chi connectivity index (χ2v) is 5.36. The maximum absolute atomic E-state index is 11.3. The molecule has 1 aromatic rings. The zero-order valence-electron chi connectivity index (χ0n) is 10.2. The van der Waals surface area contributed by atoms with E-state index in [1.165, 1.54) is 5.69 Å². The lowest BCUT2D eigenvalue weighted by molar-refractivity contribution is 0.101. The van der Waals surface area contributed by atoms with Gasteiger partial charge in [0.15, 0.2) is 5.78 Å². The molecule has 17 heavy (non-hydrogen) atoms. The number of benzene rings is 1. The van der Waals surface area contributed by atoms with E-state index in [0.717, 1.165) is 36.2 Å². The number of rotatable bonds is 2. The van der Waals surface area contributed by atoms with Crippen LogP contribution in [0.5, 0.6) is 0 Å². The number of carbonyl (C=O) groups is 1. The van der Waals surface area contributed by atoms with E-state index in [9.17, 15) is 4.79 Å². The predicted octanol–water partition coefficient (Wildman–Crippen LogP) is 2.40. The first-order chi connectivity index (χ1) is 8.08. The molecule has 1 heterocycles. The number of ketones is 1. The third kappa shape index (κ3) is 2.87. The second-order valence-electron chi connectivity index (χ2n) is 4.51. The molecule has 1 aliphatic rings. The van der Waals surface area contributed by atoms with Crippen LogP contribution in [0.15, 0.2) is 22.7 Å². The molecular weight excluding hydrogens is 280 g/mol. The minimum absolute atomic E-state index is 0.0989. The first-order valence-electron chi connectivity index (χ1n) is 5.82. The molecule has 1 saturated heterocycles. The van der Waals surface area contributed by atoms with E-state index >= 15 is 0 Å². The number of anilines is 1. The molecule has 0 aliphatic carbocycles. The Hall–Kier alpha value is -0.870. The van der Waals surface area contributed by atoms with Crippen LogP contribution in [-0.4, -0.2) is 43.9 Å². The van der Waals surface area contributed by atoms with Crippen LogP contribution >= 0.6 is 15.9 Å². The number of hydrogen-bond donors (Lipinski definition) is 0. The van der Waals surface area contributed by atoms with Crippen LogP contribution in [-0.2, 0) is 0 Å². The monoisotopic (exact) mass is 296 g/mol. The molecule has 92 valence electrons. The summed E-state index contributed by atoms with van der Waals surface area (Å²) in [5.41, 5.74) is 1.94. The van der Waals surface area contributed by atoms with E-state index < -0.39 is 0 Å². The van der Waals surface area contributed by atoms with Crippen LogP contribution < -0.4 is 4.90 Å². The Kier molecular flexibility index (Phi) is 3.84. The van der Waals surface area contributed by atoms with E-state index in [-0.39, 0.29) is 5.78 Å². The van der Waals surface area contributed by atoms with Crippen molar-refractivity contribution in [3.05, 3.63) is 28.2 Å². The number of piperazine rings is 1. The summed E-state index contributed by atoms with van der Waals surface area (Å²) in [6.45, 7) is 5.86. The molecule has 2 rings (SSSR count). The Balaban J connectivity index is 2.17. The van der Waals surface area contributed by atoms with Gasteiger partial charge in [0.05, 0.1) is 0 Å². The van der Waals surface area contributed by atoms with Gasteiger partial charge in [-0.05, 0) is 48.1 Å². The average Bonchev–Trinajstić information content (AvgIpc) is 2.29. The van der Waals surface area contributed by atoms with Gasteiger partial charge >= 0.3 is 0 Å².